The molecular weight excluding hydrogens is 792 g/mol. The van der Waals surface area contributed by atoms with Crippen molar-refractivity contribution in [3.05, 3.63) is 72.9 Å². The van der Waals surface area contributed by atoms with E-state index in [0.717, 1.165) is 70.6 Å². The Morgan fingerprint density at radius 1 is 0.565 bits per heavy atom. The molecule has 0 aromatic rings. The molecule has 360 valence electrons. The van der Waals surface area contributed by atoms with Crippen LogP contribution in [0.25, 0.3) is 0 Å². The summed E-state index contributed by atoms with van der Waals surface area (Å²) in [6.07, 6.45) is 60.4. The van der Waals surface area contributed by atoms with Crippen LogP contribution in [0.2, 0.25) is 0 Å². The molecule has 0 saturated heterocycles. The van der Waals surface area contributed by atoms with Crippen molar-refractivity contribution in [2.24, 2.45) is 0 Å². The Morgan fingerprint density at radius 3 is 1.47 bits per heavy atom. The van der Waals surface area contributed by atoms with Crippen LogP contribution in [0.5, 0.6) is 0 Å². The van der Waals surface area contributed by atoms with Gasteiger partial charge in [0.25, 0.3) is 0 Å². The number of aliphatic hydroxyl groups is 1. The largest absolute Gasteiger partial charge is 0.472 e. The van der Waals surface area contributed by atoms with Gasteiger partial charge in [-0.15, -0.1) is 0 Å². The number of nitrogens with zero attached hydrogens (tertiary/aromatic N) is 1. The molecule has 0 rings (SSSR count). The number of phosphoric ester groups is 1. The molecule has 0 aliphatic rings. The van der Waals surface area contributed by atoms with Crippen molar-refractivity contribution < 1.29 is 32.9 Å². The number of quaternary nitrogens is 1. The van der Waals surface area contributed by atoms with Crippen LogP contribution < -0.4 is 5.32 Å². The number of carbonyl (C=O) groups is 1. The van der Waals surface area contributed by atoms with Gasteiger partial charge >= 0.3 is 7.82 Å². The van der Waals surface area contributed by atoms with E-state index in [2.05, 4.69) is 79.9 Å². The highest BCUT2D eigenvalue weighted by Crippen LogP contribution is 2.43. The van der Waals surface area contributed by atoms with Gasteiger partial charge in [0, 0.05) is 6.42 Å². The molecule has 0 aromatic carbocycles. The molecule has 62 heavy (non-hydrogen) atoms. The van der Waals surface area contributed by atoms with Gasteiger partial charge in [-0.1, -0.05) is 209 Å². The molecule has 8 nitrogen and oxygen atoms in total. The Kier molecular flexibility index (Phi) is 42.7. The number of hydrogen-bond acceptors (Lipinski definition) is 5. The molecule has 1 amide bonds. The lowest BCUT2D eigenvalue weighted by Crippen LogP contribution is -2.45. The first-order valence-electron chi connectivity index (χ1n) is 25.3. The van der Waals surface area contributed by atoms with E-state index in [-0.39, 0.29) is 19.1 Å². The third-order valence-corrected chi connectivity index (χ3v) is 11.9. The number of nitrogens with one attached hydrogen (secondary N) is 1. The molecule has 0 saturated carbocycles. The monoisotopic (exact) mass is 890 g/mol. The van der Waals surface area contributed by atoms with Crippen LogP contribution in [0.3, 0.4) is 0 Å². The second kappa shape index (κ2) is 44.2. The number of hydrogen-bond donors (Lipinski definition) is 3. The molecule has 3 N–H and O–H groups in total. The van der Waals surface area contributed by atoms with Gasteiger partial charge in [-0.05, 0) is 64.2 Å². The first kappa shape index (κ1) is 59.9. The average molecular weight is 890 g/mol. The first-order chi connectivity index (χ1) is 30.0. The van der Waals surface area contributed by atoms with Crippen molar-refractivity contribution in [1.29, 1.82) is 0 Å². The van der Waals surface area contributed by atoms with Crippen molar-refractivity contribution in [3.63, 3.8) is 0 Å². The molecule has 0 spiro atoms. The quantitative estimate of drug-likeness (QED) is 0.0243. The van der Waals surface area contributed by atoms with Crippen molar-refractivity contribution in [3.8, 4) is 0 Å². The summed E-state index contributed by atoms with van der Waals surface area (Å²) >= 11 is 0. The molecule has 0 fully saturated rings. The minimum Gasteiger partial charge on any atom is -0.387 e. The number of allylic oxidation sites excluding steroid dienone is 11. The Morgan fingerprint density at radius 2 is 0.984 bits per heavy atom. The van der Waals surface area contributed by atoms with E-state index in [1.54, 1.807) is 6.08 Å². The van der Waals surface area contributed by atoms with Gasteiger partial charge in [0.2, 0.25) is 5.91 Å². The smallest absolute Gasteiger partial charge is 0.387 e. The lowest BCUT2D eigenvalue weighted by atomic mass is 10.0. The molecule has 0 bridgehead atoms. The highest BCUT2D eigenvalue weighted by atomic mass is 31.2. The molecule has 3 unspecified atom stereocenters. The Balaban J connectivity index is 3.90. The van der Waals surface area contributed by atoms with Gasteiger partial charge < -0.3 is 19.8 Å². The van der Waals surface area contributed by atoms with Crippen LogP contribution in [-0.2, 0) is 18.4 Å². The molecule has 3 atom stereocenters. The number of likely N-dealkylation sites (N-methyl/N-ethyl adjacent to an activating group) is 1. The van der Waals surface area contributed by atoms with Crippen molar-refractivity contribution in [2.45, 2.75) is 219 Å². The second-order valence-electron chi connectivity index (χ2n) is 18.2. The summed E-state index contributed by atoms with van der Waals surface area (Å²) in [7, 11) is 1.55. The van der Waals surface area contributed by atoms with Gasteiger partial charge in [0.05, 0.1) is 39.9 Å². The normalized spacial score (nSPS) is 14.8. The first-order valence-corrected chi connectivity index (χ1v) is 26.8. The zero-order chi connectivity index (χ0) is 45.7. The standard InChI is InChI=1S/C53H97N2O6P/c1-6-8-10-12-14-15-16-17-18-19-20-21-22-23-24-25-26-27-28-29-30-31-32-33-34-35-36-37-38-39-41-43-45-47-53(57)54-51(52(56)46-44-42-40-13-11-9-7-2)50-61-62(58,59)60-49-48-55(3,4)5/h8,10-11,13-15,17-18,20-21,44,46,51-52,56H,6-7,9,12,16,19,22-43,45,47-50H2,1-5H3,(H-,54,57,58,59)/p+1/b10-8-,13-11+,15-14-,18-17-,21-20-,46-44+. The molecule has 0 heterocycles. The molecule has 0 aliphatic heterocycles. The van der Waals surface area contributed by atoms with Crippen LogP contribution in [0.1, 0.15) is 206 Å². The molecule has 0 radical (unpaired) electrons. The summed E-state index contributed by atoms with van der Waals surface area (Å²) in [4.78, 5) is 23.0. The summed E-state index contributed by atoms with van der Waals surface area (Å²) < 4.78 is 23.4. The van der Waals surface area contributed by atoms with E-state index in [4.69, 9.17) is 9.05 Å². The van der Waals surface area contributed by atoms with Gasteiger partial charge in [-0.3, -0.25) is 13.8 Å². The van der Waals surface area contributed by atoms with Crippen LogP contribution in [0, 0.1) is 0 Å². The third kappa shape index (κ3) is 45.9. The van der Waals surface area contributed by atoms with Crippen LogP contribution in [0.15, 0.2) is 72.9 Å². The van der Waals surface area contributed by atoms with Gasteiger partial charge in [-0.2, -0.15) is 0 Å². The van der Waals surface area contributed by atoms with Crippen LogP contribution in [-0.4, -0.2) is 73.4 Å². The number of phosphoric acid groups is 1. The average Bonchev–Trinajstić information content (AvgIpc) is 3.23. The van der Waals surface area contributed by atoms with E-state index in [1.165, 1.54) is 116 Å². The highest BCUT2D eigenvalue weighted by Gasteiger charge is 2.27. The SMILES string of the molecule is CC/C=C\C/C=C\C/C=C\C/C=C\CCCCCCCCCCCCCCCCCCCCCCC(=O)NC(COP(=O)(O)OCC[N+](C)(C)C)C(O)/C=C/CC/C=C/CCC. The van der Waals surface area contributed by atoms with E-state index in [0.29, 0.717) is 17.4 Å². The Bertz CT molecular complexity index is 1240. The maximum Gasteiger partial charge on any atom is 0.472 e. The van der Waals surface area contributed by atoms with Gasteiger partial charge in [-0.25, -0.2) is 4.57 Å². The number of amides is 1. The fraction of sp³-hybridized carbons (Fsp3) is 0.755. The molecule has 9 heteroatoms. The Hall–Kier alpha value is -2.06. The molecular formula is C53H98N2O6P+. The van der Waals surface area contributed by atoms with Crippen molar-refractivity contribution in [1.82, 2.24) is 5.32 Å². The maximum absolute atomic E-state index is 12.8. The Labute approximate surface area is 383 Å². The van der Waals surface area contributed by atoms with E-state index in [9.17, 15) is 19.4 Å². The maximum atomic E-state index is 12.8. The zero-order valence-electron chi connectivity index (χ0n) is 40.8. The molecule has 0 aromatic heterocycles. The topological polar surface area (TPSA) is 105 Å². The fourth-order valence-corrected chi connectivity index (χ4v) is 7.67. The summed E-state index contributed by atoms with van der Waals surface area (Å²) in [5.74, 6) is -0.192. The second-order valence-corrected chi connectivity index (χ2v) is 19.6. The predicted molar refractivity (Wildman–Crippen MR) is 267 cm³/mol. The predicted octanol–water partition coefficient (Wildman–Crippen LogP) is 14.8. The van der Waals surface area contributed by atoms with Crippen LogP contribution in [0.4, 0.5) is 0 Å². The van der Waals surface area contributed by atoms with E-state index >= 15 is 0 Å². The number of rotatable bonds is 45. The van der Waals surface area contributed by atoms with Gasteiger partial charge in [0.15, 0.2) is 0 Å². The van der Waals surface area contributed by atoms with E-state index in [1.807, 2.05) is 27.2 Å². The zero-order valence-corrected chi connectivity index (χ0v) is 41.7. The number of carbonyl (C=O) groups excluding carboxylic acids is 1. The lowest BCUT2D eigenvalue weighted by Gasteiger charge is -2.25. The fourth-order valence-electron chi connectivity index (χ4n) is 6.94. The lowest BCUT2D eigenvalue weighted by molar-refractivity contribution is -0.870. The summed E-state index contributed by atoms with van der Waals surface area (Å²) in [6.45, 7) is 4.56. The molecule has 0 aliphatic carbocycles. The summed E-state index contributed by atoms with van der Waals surface area (Å²) in [5.41, 5.74) is 0. The number of aliphatic hydroxyl groups excluding tert-OH is 1. The van der Waals surface area contributed by atoms with Crippen molar-refractivity contribution >= 4 is 13.7 Å². The summed E-state index contributed by atoms with van der Waals surface area (Å²) in [5, 5.41) is 13.7. The third-order valence-electron chi connectivity index (χ3n) is 10.9. The van der Waals surface area contributed by atoms with Crippen LogP contribution >= 0.6 is 7.82 Å². The minimum absolute atomic E-state index is 0.0544. The highest BCUT2D eigenvalue weighted by molar-refractivity contribution is 7.47. The number of unbranched alkanes of at least 4 members (excludes halogenated alkanes) is 22. The van der Waals surface area contributed by atoms with Gasteiger partial charge in [0.1, 0.15) is 13.2 Å². The van der Waals surface area contributed by atoms with Crippen molar-refractivity contribution in [2.75, 3.05) is 40.9 Å². The minimum atomic E-state index is -4.34. The summed E-state index contributed by atoms with van der Waals surface area (Å²) in [6, 6.07) is -0.861. The van der Waals surface area contributed by atoms with E-state index < -0.39 is 20.0 Å².